The van der Waals surface area contributed by atoms with Crippen LogP contribution in [0.1, 0.15) is 27.8 Å². The van der Waals surface area contributed by atoms with Crippen LogP contribution >= 0.6 is 0 Å². The number of likely N-dealkylation sites (N-methyl/N-ethyl adjacent to an activating group) is 1. The quantitative estimate of drug-likeness (QED) is 0.788. The maximum absolute atomic E-state index is 3.53. The largest absolute Gasteiger partial charge is 0.311 e. The highest BCUT2D eigenvalue weighted by Crippen LogP contribution is 2.21. The molecule has 0 unspecified atom stereocenters. The number of nitrogens with one attached hydrogen (secondary N) is 1. The highest BCUT2D eigenvalue weighted by Gasteiger charge is 2.07. The standard InChI is InChI=1S/C15H26N2/c1-11-9-12(2)14(4)15(13(11)3)10-16-7-8-17(5)6/h9,16H,7-8,10H2,1-6H3. The third-order valence-corrected chi connectivity index (χ3v) is 3.56. The van der Waals surface area contributed by atoms with Crippen LogP contribution in [0, 0.1) is 27.7 Å². The maximum atomic E-state index is 3.53. The number of rotatable bonds is 5. The van der Waals surface area contributed by atoms with Crippen LogP contribution in [0.4, 0.5) is 0 Å². The monoisotopic (exact) mass is 234 g/mol. The van der Waals surface area contributed by atoms with Crippen LogP contribution in [0.2, 0.25) is 0 Å². The molecule has 1 N–H and O–H groups in total. The van der Waals surface area contributed by atoms with Crippen molar-refractivity contribution in [2.24, 2.45) is 0 Å². The van der Waals surface area contributed by atoms with Crippen molar-refractivity contribution >= 4 is 0 Å². The lowest BCUT2D eigenvalue weighted by Gasteiger charge is -2.16. The van der Waals surface area contributed by atoms with Gasteiger partial charge in [0.1, 0.15) is 0 Å². The average molecular weight is 234 g/mol. The molecular formula is C15H26N2. The minimum absolute atomic E-state index is 0.980. The van der Waals surface area contributed by atoms with Gasteiger partial charge in [0.15, 0.2) is 0 Å². The second-order valence-corrected chi connectivity index (χ2v) is 5.22. The van der Waals surface area contributed by atoms with Crippen LogP contribution in [0.5, 0.6) is 0 Å². The van der Waals surface area contributed by atoms with Crippen molar-refractivity contribution in [1.29, 1.82) is 0 Å². The lowest BCUT2D eigenvalue weighted by molar-refractivity contribution is 0.399. The number of nitrogens with zero attached hydrogens (tertiary/aromatic N) is 1. The van der Waals surface area contributed by atoms with Gasteiger partial charge in [-0.25, -0.2) is 0 Å². The summed E-state index contributed by atoms with van der Waals surface area (Å²) in [5, 5.41) is 3.53. The molecule has 0 aliphatic rings. The molecule has 1 aromatic carbocycles. The van der Waals surface area contributed by atoms with Crippen molar-refractivity contribution in [3.8, 4) is 0 Å². The van der Waals surface area contributed by atoms with Crippen LogP contribution < -0.4 is 5.32 Å². The van der Waals surface area contributed by atoms with Gasteiger partial charge in [-0.05, 0) is 69.6 Å². The van der Waals surface area contributed by atoms with Gasteiger partial charge < -0.3 is 10.2 Å². The third-order valence-electron chi connectivity index (χ3n) is 3.56. The van der Waals surface area contributed by atoms with Crippen LogP contribution in [-0.4, -0.2) is 32.1 Å². The molecule has 0 amide bonds. The first-order chi connectivity index (χ1) is 7.93. The lowest BCUT2D eigenvalue weighted by atomic mass is 9.94. The van der Waals surface area contributed by atoms with E-state index in [0.29, 0.717) is 0 Å². The predicted octanol–water partition coefficient (Wildman–Crippen LogP) is 2.57. The molecule has 2 heteroatoms. The molecule has 0 aromatic heterocycles. The summed E-state index contributed by atoms with van der Waals surface area (Å²) in [6.45, 7) is 12.0. The number of hydrogen-bond donors (Lipinski definition) is 1. The Morgan fingerprint density at radius 3 is 2.00 bits per heavy atom. The van der Waals surface area contributed by atoms with Gasteiger partial charge in [0.05, 0.1) is 0 Å². The van der Waals surface area contributed by atoms with Gasteiger partial charge in [0.25, 0.3) is 0 Å². The Morgan fingerprint density at radius 1 is 1.00 bits per heavy atom. The van der Waals surface area contributed by atoms with Gasteiger partial charge in [-0.15, -0.1) is 0 Å². The van der Waals surface area contributed by atoms with Crippen molar-refractivity contribution in [3.05, 3.63) is 33.9 Å². The average Bonchev–Trinajstić information content (AvgIpc) is 2.25. The molecule has 0 saturated heterocycles. The van der Waals surface area contributed by atoms with E-state index in [1.54, 1.807) is 0 Å². The summed E-state index contributed by atoms with van der Waals surface area (Å²) in [4.78, 5) is 2.20. The number of hydrogen-bond acceptors (Lipinski definition) is 2. The summed E-state index contributed by atoms with van der Waals surface area (Å²) in [6, 6.07) is 2.29. The Morgan fingerprint density at radius 2 is 1.53 bits per heavy atom. The zero-order valence-electron chi connectivity index (χ0n) is 12.1. The van der Waals surface area contributed by atoms with Gasteiger partial charge in [-0.2, -0.15) is 0 Å². The summed E-state index contributed by atoms with van der Waals surface area (Å²) in [6.07, 6.45) is 0. The van der Waals surface area contributed by atoms with Crippen LogP contribution in [0.25, 0.3) is 0 Å². The van der Waals surface area contributed by atoms with Crippen LogP contribution in [-0.2, 0) is 6.54 Å². The van der Waals surface area contributed by atoms with Crippen molar-refractivity contribution in [3.63, 3.8) is 0 Å². The van der Waals surface area contributed by atoms with Gasteiger partial charge in [-0.3, -0.25) is 0 Å². The third kappa shape index (κ3) is 3.83. The summed E-state index contributed by atoms with van der Waals surface area (Å²) in [5.41, 5.74) is 7.15. The predicted molar refractivity (Wildman–Crippen MR) is 75.7 cm³/mol. The van der Waals surface area contributed by atoms with E-state index < -0.39 is 0 Å². The van der Waals surface area contributed by atoms with Crippen molar-refractivity contribution in [2.45, 2.75) is 34.2 Å². The normalized spacial score (nSPS) is 11.2. The highest BCUT2D eigenvalue weighted by atomic mass is 15.1. The van der Waals surface area contributed by atoms with Gasteiger partial charge in [-0.1, -0.05) is 6.07 Å². The molecule has 1 rings (SSSR count). The molecule has 0 heterocycles. The molecule has 0 spiro atoms. The van der Waals surface area contributed by atoms with Crippen LogP contribution in [0.3, 0.4) is 0 Å². The maximum Gasteiger partial charge on any atom is 0.0211 e. The number of aryl methyl sites for hydroxylation is 2. The Labute approximate surface area is 106 Å². The van der Waals surface area contributed by atoms with E-state index in [0.717, 1.165) is 19.6 Å². The molecule has 17 heavy (non-hydrogen) atoms. The van der Waals surface area contributed by atoms with Gasteiger partial charge >= 0.3 is 0 Å². The summed E-state index contributed by atoms with van der Waals surface area (Å²) >= 11 is 0. The van der Waals surface area contributed by atoms with Crippen molar-refractivity contribution < 1.29 is 0 Å². The molecule has 96 valence electrons. The molecular weight excluding hydrogens is 208 g/mol. The van der Waals surface area contributed by atoms with E-state index in [-0.39, 0.29) is 0 Å². The summed E-state index contributed by atoms with van der Waals surface area (Å²) in [7, 11) is 4.21. The molecule has 2 nitrogen and oxygen atoms in total. The van der Waals surface area contributed by atoms with Crippen molar-refractivity contribution in [1.82, 2.24) is 10.2 Å². The Kier molecular flexibility index (Phi) is 5.16. The van der Waals surface area contributed by atoms with E-state index in [2.05, 4.69) is 58.1 Å². The highest BCUT2D eigenvalue weighted by molar-refractivity contribution is 5.43. The molecule has 0 radical (unpaired) electrons. The molecule has 0 fully saturated rings. The smallest absolute Gasteiger partial charge is 0.0211 e. The number of benzene rings is 1. The molecule has 0 aliphatic carbocycles. The topological polar surface area (TPSA) is 15.3 Å². The van der Waals surface area contributed by atoms with Crippen LogP contribution in [0.15, 0.2) is 6.07 Å². The molecule has 1 aromatic rings. The molecule has 0 aliphatic heterocycles. The molecule has 0 atom stereocenters. The SMILES string of the molecule is Cc1cc(C)c(C)c(CNCCN(C)C)c1C. The first-order valence-corrected chi connectivity index (χ1v) is 6.35. The summed E-state index contributed by atoms with van der Waals surface area (Å²) < 4.78 is 0. The first-order valence-electron chi connectivity index (χ1n) is 6.35. The van der Waals surface area contributed by atoms with Crippen molar-refractivity contribution in [2.75, 3.05) is 27.2 Å². The fraction of sp³-hybridized carbons (Fsp3) is 0.600. The van der Waals surface area contributed by atoms with Gasteiger partial charge in [0, 0.05) is 19.6 Å². The van der Waals surface area contributed by atoms with E-state index in [1.165, 1.54) is 27.8 Å². The van der Waals surface area contributed by atoms with E-state index in [4.69, 9.17) is 0 Å². The second-order valence-electron chi connectivity index (χ2n) is 5.22. The lowest BCUT2D eigenvalue weighted by Crippen LogP contribution is -2.26. The van der Waals surface area contributed by atoms with E-state index >= 15 is 0 Å². The Balaban J connectivity index is 2.70. The van der Waals surface area contributed by atoms with Gasteiger partial charge in [0.2, 0.25) is 0 Å². The zero-order valence-corrected chi connectivity index (χ0v) is 12.1. The minimum Gasteiger partial charge on any atom is -0.311 e. The van der Waals surface area contributed by atoms with E-state index in [1.807, 2.05) is 0 Å². The van der Waals surface area contributed by atoms with E-state index in [9.17, 15) is 0 Å². The molecule has 0 bridgehead atoms. The molecule has 0 saturated carbocycles. The fourth-order valence-corrected chi connectivity index (χ4v) is 2.08. The Bertz CT molecular complexity index is 355. The Hall–Kier alpha value is -0.860. The first kappa shape index (κ1) is 14.2. The second kappa shape index (κ2) is 6.18. The minimum atomic E-state index is 0.980. The fourth-order valence-electron chi connectivity index (χ4n) is 2.08. The summed E-state index contributed by atoms with van der Waals surface area (Å²) in [5.74, 6) is 0. The zero-order chi connectivity index (χ0) is 13.0.